The lowest BCUT2D eigenvalue weighted by Gasteiger charge is -2.19. The molecule has 0 radical (unpaired) electrons. The third kappa shape index (κ3) is 51.0. The predicted molar refractivity (Wildman–Crippen MR) is 275 cm³/mol. The summed E-state index contributed by atoms with van der Waals surface area (Å²) in [5.41, 5.74) is 5.37. The smallest absolute Gasteiger partial charge is 0.462 e. The van der Waals surface area contributed by atoms with Gasteiger partial charge in [-0.25, -0.2) is 4.57 Å². The van der Waals surface area contributed by atoms with Crippen molar-refractivity contribution in [3.05, 3.63) is 60.8 Å². The van der Waals surface area contributed by atoms with Gasteiger partial charge in [0.25, 0.3) is 0 Å². The van der Waals surface area contributed by atoms with Crippen LogP contribution in [0.15, 0.2) is 60.8 Å². The van der Waals surface area contributed by atoms with Crippen molar-refractivity contribution in [1.29, 1.82) is 0 Å². The van der Waals surface area contributed by atoms with E-state index in [4.69, 9.17) is 24.3 Å². The molecule has 378 valence electrons. The van der Waals surface area contributed by atoms with Crippen LogP contribution in [0.5, 0.6) is 0 Å². The molecule has 65 heavy (non-hydrogen) atoms. The molecule has 2 unspecified atom stereocenters. The number of hydrogen-bond donors (Lipinski definition) is 2. The van der Waals surface area contributed by atoms with Crippen molar-refractivity contribution in [1.82, 2.24) is 0 Å². The maximum Gasteiger partial charge on any atom is 0.472 e. The Hall–Kier alpha value is -2.29. The summed E-state index contributed by atoms with van der Waals surface area (Å²) in [6, 6.07) is 0. The summed E-state index contributed by atoms with van der Waals surface area (Å²) in [4.78, 5) is 35.1. The summed E-state index contributed by atoms with van der Waals surface area (Å²) in [5.74, 6) is -0.841. The largest absolute Gasteiger partial charge is 0.472 e. The number of carbonyl (C=O) groups is 2. The van der Waals surface area contributed by atoms with Crippen LogP contribution >= 0.6 is 7.82 Å². The Morgan fingerprint density at radius 2 is 0.800 bits per heavy atom. The van der Waals surface area contributed by atoms with E-state index in [1.54, 1.807) is 0 Å². The highest BCUT2D eigenvalue weighted by Crippen LogP contribution is 2.43. The monoisotopic (exact) mass is 934 g/mol. The maximum absolute atomic E-state index is 12.7. The Balaban J connectivity index is 4.06. The molecule has 0 heterocycles. The van der Waals surface area contributed by atoms with E-state index >= 15 is 0 Å². The normalized spacial score (nSPS) is 13.6. The molecule has 0 saturated heterocycles. The number of unbranched alkanes of at least 4 members (excludes halogenated alkanes) is 27. The summed E-state index contributed by atoms with van der Waals surface area (Å²) in [6.45, 7) is 3.72. The maximum atomic E-state index is 12.7. The highest BCUT2D eigenvalue weighted by atomic mass is 31.2. The number of nitrogens with two attached hydrogens (primary N) is 1. The lowest BCUT2D eigenvalue weighted by atomic mass is 10.0. The Morgan fingerprint density at radius 1 is 0.462 bits per heavy atom. The minimum Gasteiger partial charge on any atom is -0.462 e. The number of rotatable bonds is 50. The Kier molecular flexibility index (Phi) is 49.3. The summed E-state index contributed by atoms with van der Waals surface area (Å²) in [7, 11) is -4.39. The molecule has 0 aliphatic heterocycles. The number of hydrogen-bond acceptors (Lipinski definition) is 8. The Labute approximate surface area is 399 Å². The van der Waals surface area contributed by atoms with Gasteiger partial charge in [-0.2, -0.15) is 0 Å². The molecule has 0 amide bonds. The van der Waals surface area contributed by atoms with Gasteiger partial charge in [-0.15, -0.1) is 0 Å². The van der Waals surface area contributed by atoms with E-state index in [0.29, 0.717) is 6.42 Å². The summed E-state index contributed by atoms with van der Waals surface area (Å²) < 4.78 is 33.0. The van der Waals surface area contributed by atoms with Crippen LogP contribution in [-0.2, 0) is 32.7 Å². The van der Waals surface area contributed by atoms with Gasteiger partial charge in [-0.05, 0) is 83.5 Å². The summed E-state index contributed by atoms with van der Waals surface area (Å²) >= 11 is 0. The number of phosphoric acid groups is 1. The van der Waals surface area contributed by atoms with Crippen LogP contribution in [0.4, 0.5) is 0 Å². The van der Waals surface area contributed by atoms with Gasteiger partial charge in [0.05, 0.1) is 13.2 Å². The zero-order valence-electron chi connectivity index (χ0n) is 42.0. The van der Waals surface area contributed by atoms with E-state index in [2.05, 4.69) is 74.6 Å². The first-order chi connectivity index (χ1) is 31.8. The molecule has 10 heteroatoms. The van der Waals surface area contributed by atoms with Crippen molar-refractivity contribution in [3.8, 4) is 0 Å². The van der Waals surface area contributed by atoms with Crippen LogP contribution in [0.3, 0.4) is 0 Å². The van der Waals surface area contributed by atoms with E-state index in [1.807, 2.05) is 0 Å². The minimum absolute atomic E-state index is 0.0488. The van der Waals surface area contributed by atoms with Gasteiger partial charge < -0.3 is 20.1 Å². The molecule has 0 aromatic heterocycles. The number of phosphoric ester groups is 1. The minimum atomic E-state index is -4.39. The molecule has 0 aliphatic carbocycles. The van der Waals surface area contributed by atoms with Gasteiger partial charge in [0.15, 0.2) is 6.10 Å². The zero-order valence-corrected chi connectivity index (χ0v) is 42.9. The first-order valence-electron chi connectivity index (χ1n) is 26.8. The van der Waals surface area contributed by atoms with Gasteiger partial charge in [0.2, 0.25) is 0 Å². The fourth-order valence-corrected chi connectivity index (χ4v) is 8.14. The average Bonchev–Trinajstić information content (AvgIpc) is 3.30. The lowest BCUT2D eigenvalue weighted by molar-refractivity contribution is -0.161. The molecule has 0 bridgehead atoms. The van der Waals surface area contributed by atoms with Gasteiger partial charge in [-0.3, -0.25) is 18.6 Å². The SMILES string of the molecule is CCCCCCC/C=C\C/C=C\C/C=C\CCCCCCCCC(=O)OC(COC(=O)CCCCCCCCCCCCC/C=C\C/C=C\CCCCCCC)COP(=O)(O)OCCN. The Morgan fingerprint density at radius 3 is 1.18 bits per heavy atom. The fourth-order valence-electron chi connectivity index (χ4n) is 7.38. The number of esters is 2. The second-order valence-electron chi connectivity index (χ2n) is 17.7. The molecule has 3 N–H and O–H groups in total. The van der Waals surface area contributed by atoms with E-state index < -0.39 is 26.5 Å². The number of ether oxygens (including phenoxy) is 2. The highest BCUT2D eigenvalue weighted by molar-refractivity contribution is 7.47. The van der Waals surface area contributed by atoms with Crippen LogP contribution in [0.25, 0.3) is 0 Å². The van der Waals surface area contributed by atoms with E-state index in [9.17, 15) is 19.0 Å². The van der Waals surface area contributed by atoms with Gasteiger partial charge in [0.1, 0.15) is 6.61 Å². The molecule has 0 spiro atoms. The Bertz CT molecular complexity index is 1250. The molecule has 0 aliphatic rings. The van der Waals surface area contributed by atoms with Crippen molar-refractivity contribution in [2.45, 2.75) is 251 Å². The number of carbonyl (C=O) groups excluding carboxylic acids is 2. The third-order valence-corrected chi connectivity index (χ3v) is 12.4. The quantitative estimate of drug-likeness (QED) is 0.0265. The first kappa shape index (κ1) is 62.7. The summed E-state index contributed by atoms with van der Waals surface area (Å²) in [5, 5.41) is 0. The van der Waals surface area contributed by atoms with Gasteiger partial charge in [0, 0.05) is 19.4 Å². The molecule has 9 nitrogen and oxygen atoms in total. The van der Waals surface area contributed by atoms with Crippen LogP contribution in [0, 0.1) is 0 Å². The molecular formula is C55H100NO8P. The molecular weight excluding hydrogens is 834 g/mol. The summed E-state index contributed by atoms with van der Waals surface area (Å²) in [6.07, 6.45) is 62.6. The standard InChI is InChI=1S/C55H100NO8P/c1-3-5-7-9-11-13-15-17-19-21-23-25-26-28-29-31-33-35-37-39-41-43-45-47-54(57)61-51-53(52-63-65(59,60)62-50-49-56)64-55(58)48-46-44-42-40-38-36-34-32-30-27-24-22-20-18-16-14-12-10-8-6-4-2/h15-18,21-24,30,32,53H,3-14,19-20,25-29,31,33-52,56H2,1-2H3,(H,59,60)/b17-15-,18-16-,23-21-,24-22-,32-30-. The predicted octanol–water partition coefficient (Wildman–Crippen LogP) is 16.4. The third-order valence-electron chi connectivity index (χ3n) is 11.4. The molecule has 2 atom stereocenters. The molecule has 0 aromatic rings. The van der Waals surface area contributed by atoms with Crippen molar-refractivity contribution in [2.75, 3.05) is 26.4 Å². The number of allylic oxidation sites excluding steroid dienone is 10. The van der Waals surface area contributed by atoms with Crippen LogP contribution < -0.4 is 5.73 Å². The highest BCUT2D eigenvalue weighted by Gasteiger charge is 2.26. The lowest BCUT2D eigenvalue weighted by Crippen LogP contribution is -2.29. The fraction of sp³-hybridized carbons (Fsp3) is 0.782. The van der Waals surface area contributed by atoms with Crippen molar-refractivity contribution >= 4 is 19.8 Å². The topological polar surface area (TPSA) is 134 Å². The molecule has 0 saturated carbocycles. The second kappa shape index (κ2) is 51.1. The van der Waals surface area contributed by atoms with Crippen LogP contribution in [0.1, 0.15) is 245 Å². The van der Waals surface area contributed by atoms with Gasteiger partial charge in [-0.1, -0.05) is 209 Å². The van der Waals surface area contributed by atoms with Crippen LogP contribution in [-0.4, -0.2) is 49.3 Å². The molecule has 0 aromatic carbocycles. The van der Waals surface area contributed by atoms with Crippen molar-refractivity contribution in [3.63, 3.8) is 0 Å². The first-order valence-corrected chi connectivity index (χ1v) is 28.3. The van der Waals surface area contributed by atoms with E-state index in [-0.39, 0.29) is 38.6 Å². The van der Waals surface area contributed by atoms with Crippen molar-refractivity contribution in [2.24, 2.45) is 5.73 Å². The van der Waals surface area contributed by atoms with Crippen LogP contribution in [0.2, 0.25) is 0 Å². The molecule has 0 rings (SSSR count). The second-order valence-corrected chi connectivity index (χ2v) is 19.2. The van der Waals surface area contributed by atoms with E-state index in [1.165, 1.54) is 135 Å². The van der Waals surface area contributed by atoms with Gasteiger partial charge >= 0.3 is 19.8 Å². The molecule has 0 fully saturated rings. The zero-order chi connectivity index (χ0) is 47.4. The van der Waals surface area contributed by atoms with Crippen molar-refractivity contribution < 1.29 is 37.6 Å². The van der Waals surface area contributed by atoms with E-state index in [0.717, 1.165) is 77.0 Å². The average molecular weight is 934 g/mol.